The predicted molar refractivity (Wildman–Crippen MR) is 90.3 cm³/mol. The third kappa shape index (κ3) is 31.7. The van der Waals surface area contributed by atoms with Gasteiger partial charge in [0.1, 0.15) is 0 Å². The van der Waals surface area contributed by atoms with Crippen LogP contribution in [0.3, 0.4) is 0 Å². The molecule has 0 aromatic carbocycles. The van der Waals surface area contributed by atoms with E-state index < -0.39 is 5.97 Å². The Morgan fingerprint density at radius 2 is 1.32 bits per heavy atom. The molecule has 0 fully saturated rings. The third-order valence-electron chi connectivity index (χ3n) is 3.36. The van der Waals surface area contributed by atoms with E-state index in [-0.39, 0.29) is 0 Å². The van der Waals surface area contributed by atoms with Crippen molar-refractivity contribution in [2.45, 2.75) is 85.0 Å². The van der Waals surface area contributed by atoms with Gasteiger partial charge < -0.3 is 20.4 Å². The lowest BCUT2D eigenvalue weighted by Gasteiger charge is -2.05. The maximum Gasteiger partial charge on any atom is 0.0762 e. The zero-order chi connectivity index (χ0) is 17.1. The minimum absolute atomic E-state index is 0.883. The molecule has 0 aliphatic heterocycles. The minimum atomic E-state index is -1.08. The Labute approximate surface area is 137 Å². The molecule has 4 nitrogen and oxygen atoms in total. The maximum atomic E-state index is 8.89. The van der Waals surface area contributed by atoms with Gasteiger partial charge in [-0.2, -0.15) is 0 Å². The van der Waals surface area contributed by atoms with Gasteiger partial charge in [0.25, 0.3) is 0 Å². The first-order valence-electron chi connectivity index (χ1n) is 9.05. The molecule has 0 rings (SSSR count). The van der Waals surface area contributed by atoms with Crippen molar-refractivity contribution in [3.8, 4) is 0 Å². The molecular weight excluding hydrogens is 278 g/mol. The number of rotatable bonds is 14. The van der Waals surface area contributed by atoms with Crippen LogP contribution in [-0.4, -0.2) is 25.7 Å². The van der Waals surface area contributed by atoms with Gasteiger partial charge in [-0.05, 0) is 19.3 Å². The highest BCUT2D eigenvalue weighted by atomic mass is 16.5. The number of carboxylic acid groups (broad SMARTS) is 1. The second kappa shape index (κ2) is 20.4. The first-order valence-corrected chi connectivity index (χ1v) is 9.05. The van der Waals surface area contributed by atoms with Crippen molar-refractivity contribution in [2.75, 3.05) is 19.8 Å². The smallest absolute Gasteiger partial charge is 0.0762 e. The van der Waals surface area contributed by atoms with Crippen molar-refractivity contribution in [3.05, 3.63) is 0 Å². The summed E-state index contributed by atoms with van der Waals surface area (Å²) < 4.78 is 5.52. The lowest BCUT2D eigenvalue weighted by atomic mass is 10.0. The summed E-state index contributed by atoms with van der Waals surface area (Å²) in [6.45, 7) is 8.46. The van der Waals surface area contributed by atoms with Gasteiger partial charge in [-0.1, -0.05) is 65.2 Å². The minimum Gasteiger partial charge on any atom is -0.550 e. The van der Waals surface area contributed by atoms with Crippen LogP contribution in [0.15, 0.2) is 0 Å². The summed E-state index contributed by atoms with van der Waals surface area (Å²) in [5.41, 5.74) is 3.80. The lowest BCUT2D eigenvalue weighted by molar-refractivity contribution is -0.369. The molecule has 0 saturated heterocycles. The van der Waals surface area contributed by atoms with E-state index in [1.807, 2.05) is 0 Å². The van der Waals surface area contributed by atoms with Crippen molar-refractivity contribution >= 4 is 5.97 Å². The molecule has 0 atom stereocenters. The van der Waals surface area contributed by atoms with Gasteiger partial charge in [-0.15, -0.1) is 0 Å². The lowest BCUT2D eigenvalue weighted by Crippen LogP contribution is -2.50. The highest BCUT2D eigenvalue weighted by Gasteiger charge is 1.95. The maximum absolute atomic E-state index is 8.89. The van der Waals surface area contributed by atoms with E-state index in [1.54, 1.807) is 0 Å². The quantitative estimate of drug-likeness (QED) is 0.500. The molecule has 3 N–H and O–H groups in total. The Morgan fingerprint density at radius 1 is 0.909 bits per heavy atom. The first-order chi connectivity index (χ1) is 10.5. The molecule has 0 amide bonds. The highest BCUT2D eigenvalue weighted by molar-refractivity contribution is 5.60. The fraction of sp³-hybridized carbons (Fsp3) is 0.944. The molecule has 0 radical (unpaired) electrons. The topological polar surface area (TPSA) is 77.0 Å². The van der Waals surface area contributed by atoms with Crippen molar-refractivity contribution in [2.24, 2.45) is 5.92 Å². The number of quaternary nitrogens is 1. The molecule has 0 bridgehead atoms. The average Bonchev–Trinajstić information content (AvgIpc) is 2.43. The number of carbonyl (C=O) groups is 1. The van der Waals surface area contributed by atoms with Crippen LogP contribution < -0.4 is 10.8 Å². The SMILES string of the molecule is CC(=O)[O-].CC(C)CCCCCCCCCCOCCC[NH3+]. The van der Waals surface area contributed by atoms with E-state index in [0.29, 0.717) is 0 Å². The van der Waals surface area contributed by atoms with Gasteiger partial charge in [-0.3, -0.25) is 0 Å². The highest BCUT2D eigenvalue weighted by Crippen LogP contribution is 2.12. The number of aliphatic carboxylic acids is 1. The van der Waals surface area contributed by atoms with Crippen LogP contribution in [0.25, 0.3) is 0 Å². The van der Waals surface area contributed by atoms with Gasteiger partial charge in [0.2, 0.25) is 0 Å². The number of unbranched alkanes of at least 4 members (excludes halogenated alkanes) is 7. The van der Waals surface area contributed by atoms with E-state index >= 15 is 0 Å². The van der Waals surface area contributed by atoms with E-state index in [0.717, 1.165) is 39.0 Å². The van der Waals surface area contributed by atoms with Crippen LogP contribution in [0.5, 0.6) is 0 Å². The molecule has 0 saturated carbocycles. The summed E-state index contributed by atoms with van der Waals surface area (Å²) in [5.74, 6) is -0.200. The fourth-order valence-corrected chi connectivity index (χ4v) is 2.12. The van der Waals surface area contributed by atoms with Gasteiger partial charge in [0.05, 0.1) is 13.2 Å². The number of ether oxygens (including phenoxy) is 1. The summed E-state index contributed by atoms with van der Waals surface area (Å²) in [7, 11) is 0. The predicted octanol–water partition coefficient (Wildman–Crippen LogP) is 2.56. The average molecular weight is 318 g/mol. The summed E-state index contributed by atoms with van der Waals surface area (Å²) in [6, 6.07) is 0. The largest absolute Gasteiger partial charge is 0.550 e. The number of hydrogen-bond donors (Lipinski definition) is 1. The molecule has 0 aliphatic rings. The zero-order valence-electron chi connectivity index (χ0n) is 15.2. The normalized spacial score (nSPS) is 10.4. The molecular formula is C18H39NO3. The fourth-order valence-electron chi connectivity index (χ4n) is 2.12. The standard InChI is InChI=1S/C16H35NO.C2H4O2/c1-16(2)12-9-7-5-3-4-6-8-10-14-18-15-11-13-17;1-2(3)4/h16H,3-15,17H2,1-2H3;1H3,(H,3,4). The number of carbonyl (C=O) groups excluding carboxylic acids is 1. The van der Waals surface area contributed by atoms with E-state index in [4.69, 9.17) is 14.6 Å². The molecule has 0 aromatic rings. The molecule has 0 spiro atoms. The molecule has 0 heterocycles. The molecule has 22 heavy (non-hydrogen) atoms. The van der Waals surface area contributed by atoms with Gasteiger partial charge >= 0.3 is 0 Å². The van der Waals surface area contributed by atoms with E-state index in [1.165, 1.54) is 57.8 Å². The van der Waals surface area contributed by atoms with Crippen LogP contribution >= 0.6 is 0 Å². The molecule has 4 heteroatoms. The second-order valence-electron chi connectivity index (χ2n) is 6.32. The van der Waals surface area contributed by atoms with Crippen LogP contribution in [0.2, 0.25) is 0 Å². The Kier molecular flexibility index (Phi) is 21.9. The van der Waals surface area contributed by atoms with Crippen LogP contribution in [0.4, 0.5) is 0 Å². The number of carboxylic acids is 1. The molecule has 0 aromatic heterocycles. The summed E-state index contributed by atoms with van der Waals surface area (Å²) in [4.78, 5) is 8.89. The first kappa shape index (κ1) is 23.7. The van der Waals surface area contributed by atoms with Crippen molar-refractivity contribution in [1.82, 2.24) is 0 Å². The van der Waals surface area contributed by atoms with Gasteiger partial charge in [-0.25, -0.2) is 0 Å². The summed E-state index contributed by atoms with van der Waals surface area (Å²) in [6.07, 6.45) is 13.6. The Morgan fingerprint density at radius 3 is 1.77 bits per heavy atom. The van der Waals surface area contributed by atoms with Gasteiger partial charge in [0.15, 0.2) is 0 Å². The molecule has 0 aliphatic carbocycles. The van der Waals surface area contributed by atoms with E-state index in [9.17, 15) is 0 Å². The third-order valence-corrected chi connectivity index (χ3v) is 3.36. The second-order valence-corrected chi connectivity index (χ2v) is 6.32. The monoisotopic (exact) mass is 317 g/mol. The zero-order valence-corrected chi connectivity index (χ0v) is 15.2. The van der Waals surface area contributed by atoms with Crippen LogP contribution in [0, 0.1) is 5.92 Å². The van der Waals surface area contributed by atoms with E-state index in [2.05, 4.69) is 19.6 Å². The Bertz CT molecular complexity index is 216. The molecule has 134 valence electrons. The van der Waals surface area contributed by atoms with Gasteiger partial charge in [0, 0.05) is 19.0 Å². The summed E-state index contributed by atoms with van der Waals surface area (Å²) in [5, 5.41) is 8.89. The summed E-state index contributed by atoms with van der Waals surface area (Å²) >= 11 is 0. The number of hydrogen-bond acceptors (Lipinski definition) is 3. The van der Waals surface area contributed by atoms with Crippen LogP contribution in [-0.2, 0) is 9.53 Å². The molecule has 0 unspecified atom stereocenters. The Balaban J connectivity index is 0. The Hall–Kier alpha value is -0.610. The van der Waals surface area contributed by atoms with Crippen molar-refractivity contribution in [3.63, 3.8) is 0 Å². The van der Waals surface area contributed by atoms with Crippen LogP contribution in [0.1, 0.15) is 85.0 Å². The van der Waals surface area contributed by atoms with Crippen molar-refractivity contribution < 1.29 is 20.4 Å². The van der Waals surface area contributed by atoms with Crippen molar-refractivity contribution in [1.29, 1.82) is 0 Å².